The summed E-state index contributed by atoms with van der Waals surface area (Å²) in [7, 11) is 0. The fraction of sp³-hybridized carbons (Fsp3) is 0.368. The van der Waals surface area contributed by atoms with Crippen LogP contribution >= 0.6 is 11.6 Å². The highest BCUT2D eigenvalue weighted by atomic mass is 35.5. The quantitative estimate of drug-likeness (QED) is 0.704. The predicted octanol–water partition coefficient (Wildman–Crippen LogP) is 5.25. The van der Waals surface area contributed by atoms with E-state index >= 15 is 0 Å². The molecule has 1 aliphatic rings. The van der Waals surface area contributed by atoms with E-state index in [1.165, 1.54) is 11.1 Å². The molecular formula is C19H21ClO. The average molecular weight is 301 g/mol. The van der Waals surface area contributed by atoms with Crippen LogP contribution in [0.25, 0.3) is 0 Å². The number of alkyl halides is 1. The lowest BCUT2D eigenvalue weighted by atomic mass is 9.85. The second-order valence-corrected chi connectivity index (χ2v) is 6.82. The number of hydrogen-bond acceptors (Lipinski definition) is 1. The van der Waals surface area contributed by atoms with Crippen LogP contribution in [-0.2, 0) is 11.8 Å². The Morgan fingerprint density at radius 1 is 1.10 bits per heavy atom. The van der Waals surface area contributed by atoms with Gasteiger partial charge in [-0.1, -0.05) is 51.1 Å². The lowest BCUT2D eigenvalue weighted by molar-refractivity contribution is 0.291. The van der Waals surface area contributed by atoms with Crippen LogP contribution in [0.2, 0.25) is 0 Å². The van der Waals surface area contributed by atoms with E-state index in [0.29, 0.717) is 0 Å². The van der Waals surface area contributed by atoms with E-state index < -0.39 is 0 Å². The minimum Gasteiger partial charge on any atom is -0.492 e. The molecule has 0 aromatic heterocycles. The van der Waals surface area contributed by atoms with Gasteiger partial charge in [0.25, 0.3) is 0 Å². The molecule has 0 saturated carbocycles. The molecule has 1 nitrogen and oxygen atoms in total. The number of rotatable bonds is 3. The maximum absolute atomic E-state index is 6.68. The molecule has 0 amide bonds. The highest BCUT2D eigenvalue weighted by Gasteiger charge is 2.32. The van der Waals surface area contributed by atoms with Gasteiger partial charge >= 0.3 is 0 Å². The van der Waals surface area contributed by atoms with E-state index in [9.17, 15) is 0 Å². The average Bonchev–Trinajstić information content (AvgIpc) is 2.82. The lowest BCUT2D eigenvalue weighted by Gasteiger charge is -2.17. The molecule has 110 valence electrons. The lowest BCUT2D eigenvalue weighted by Crippen LogP contribution is -2.18. The predicted molar refractivity (Wildman–Crippen MR) is 88.5 cm³/mol. The maximum atomic E-state index is 6.68. The molecule has 3 rings (SSSR count). The number of benzene rings is 2. The molecule has 1 aliphatic heterocycles. The summed E-state index contributed by atoms with van der Waals surface area (Å²) in [6.07, 6.45) is 1.05. The zero-order chi connectivity index (χ0) is 15.0. The monoisotopic (exact) mass is 300 g/mol. The van der Waals surface area contributed by atoms with Gasteiger partial charge < -0.3 is 4.74 Å². The van der Waals surface area contributed by atoms with E-state index in [2.05, 4.69) is 63.2 Å². The van der Waals surface area contributed by atoms with E-state index in [1.54, 1.807) is 0 Å². The fourth-order valence-corrected chi connectivity index (χ4v) is 3.09. The summed E-state index contributed by atoms with van der Waals surface area (Å²) in [6, 6.07) is 14.9. The van der Waals surface area contributed by atoms with Crippen molar-refractivity contribution in [2.24, 2.45) is 0 Å². The zero-order valence-electron chi connectivity index (χ0n) is 12.8. The topological polar surface area (TPSA) is 9.23 Å². The van der Waals surface area contributed by atoms with Crippen LogP contribution in [0.4, 0.5) is 0 Å². The number of halogens is 1. The molecule has 1 heterocycles. The van der Waals surface area contributed by atoms with E-state index in [0.717, 1.165) is 29.9 Å². The van der Waals surface area contributed by atoms with Crippen molar-refractivity contribution in [3.63, 3.8) is 0 Å². The van der Waals surface area contributed by atoms with Gasteiger partial charge in [-0.3, -0.25) is 0 Å². The normalized spacial score (nSPS) is 17.1. The summed E-state index contributed by atoms with van der Waals surface area (Å²) in [4.78, 5) is 0. The summed E-state index contributed by atoms with van der Waals surface area (Å²) in [5.74, 6) is 0.994. The molecule has 2 aromatic rings. The van der Waals surface area contributed by atoms with Crippen molar-refractivity contribution in [1.82, 2.24) is 0 Å². The van der Waals surface area contributed by atoms with Crippen LogP contribution in [0, 0.1) is 0 Å². The van der Waals surface area contributed by atoms with Crippen LogP contribution in [0.5, 0.6) is 5.75 Å². The summed E-state index contributed by atoms with van der Waals surface area (Å²) < 4.78 is 5.74. The van der Waals surface area contributed by atoms with Crippen LogP contribution < -0.4 is 4.74 Å². The smallest absolute Gasteiger partial charge is 0.123 e. The standard InChI is InChI=1S/C19H21ClO/c1-4-13-5-7-14(8-6-13)18(20)15-9-10-17-16(11-15)19(2,3)12-21-17/h5-11,18H,4,12H2,1-3H3. The third-order valence-corrected chi connectivity index (χ3v) is 4.80. The summed E-state index contributed by atoms with van der Waals surface area (Å²) in [5, 5.41) is -0.113. The third-order valence-electron chi connectivity index (χ3n) is 4.29. The van der Waals surface area contributed by atoms with Crippen molar-refractivity contribution in [3.8, 4) is 5.75 Å². The van der Waals surface area contributed by atoms with Gasteiger partial charge in [0.1, 0.15) is 5.75 Å². The molecule has 0 saturated heterocycles. The second kappa shape index (κ2) is 5.38. The maximum Gasteiger partial charge on any atom is 0.123 e. The summed E-state index contributed by atoms with van der Waals surface area (Å²) in [5.41, 5.74) is 4.94. The molecule has 2 heteroatoms. The van der Waals surface area contributed by atoms with Crippen molar-refractivity contribution in [3.05, 3.63) is 64.7 Å². The van der Waals surface area contributed by atoms with Crippen molar-refractivity contribution >= 4 is 11.6 Å². The molecule has 0 radical (unpaired) electrons. The Morgan fingerprint density at radius 3 is 2.43 bits per heavy atom. The Kier molecular flexibility index (Phi) is 3.71. The van der Waals surface area contributed by atoms with E-state index in [4.69, 9.17) is 16.3 Å². The van der Waals surface area contributed by atoms with Crippen LogP contribution in [0.15, 0.2) is 42.5 Å². The molecule has 21 heavy (non-hydrogen) atoms. The number of hydrogen-bond donors (Lipinski definition) is 0. The molecule has 0 aliphatic carbocycles. The number of ether oxygens (including phenoxy) is 1. The first-order chi connectivity index (χ1) is 10.0. The largest absolute Gasteiger partial charge is 0.492 e. The Labute approximate surface area is 131 Å². The molecule has 0 N–H and O–H groups in total. The van der Waals surface area contributed by atoms with Crippen LogP contribution in [0.1, 0.15) is 48.4 Å². The summed E-state index contributed by atoms with van der Waals surface area (Å²) >= 11 is 6.68. The number of fused-ring (bicyclic) bond motifs is 1. The summed E-state index contributed by atoms with van der Waals surface area (Å²) in [6.45, 7) is 7.32. The molecule has 0 bridgehead atoms. The van der Waals surface area contributed by atoms with E-state index in [-0.39, 0.29) is 10.8 Å². The minimum atomic E-state index is -0.113. The molecular weight excluding hydrogens is 280 g/mol. The Morgan fingerprint density at radius 2 is 1.76 bits per heavy atom. The third kappa shape index (κ3) is 2.67. The Hall–Kier alpha value is -1.47. The van der Waals surface area contributed by atoms with Gasteiger partial charge in [-0.25, -0.2) is 0 Å². The first-order valence-electron chi connectivity index (χ1n) is 7.51. The van der Waals surface area contributed by atoms with Crippen LogP contribution in [-0.4, -0.2) is 6.61 Å². The highest BCUT2D eigenvalue weighted by molar-refractivity contribution is 6.22. The van der Waals surface area contributed by atoms with Gasteiger partial charge in [0.05, 0.1) is 12.0 Å². The van der Waals surface area contributed by atoms with Crippen molar-refractivity contribution < 1.29 is 4.74 Å². The molecule has 0 spiro atoms. The Bertz CT molecular complexity index is 643. The fourth-order valence-electron chi connectivity index (χ4n) is 2.81. The minimum absolute atomic E-state index is 0.0635. The highest BCUT2D eigenvalue weighted by Crippen LogP contribution is 2.41. The van der Waals surface area contributed by atoms with Crippen molar-refractivity contribution in [1.29, 1.82) is 0 Å². The van der Waals surface area contributed by atoms with Crippen LogP contribution in [0.3, 0.4) is 0 Å². The van der Waals surface area contributed by atoms with Crippen molar-refractivity contribution in [2.45, 2.75) is 38.0 Å². The van der Waals surface area contributed by atoms with Crippen molar-refractivity contribution in [2.75, 3.05) is 6.61 Å². The van der Waals surface area contributed by atoms with Gasteiger partial charge in [0.2, 0.25) is 0 Å². The molecule has 2 aromatic carbocycles. The van der Waals surface area contributed by atoms with Gasteiger partial charge in [-0.05, 0) is 35.2 Å². The van der Waals surface area contributed by atoms with E-state index in [1.807, 2.05) is 0 Å². The second-order valence-electron chi connectivity index (χ2n) is 6.39. The zero-order valence-corrected chi connectivity index (χ0v) is 13.6. The number of aryl methyl sites for hydroxylation is 1. The van der Waals surface area contributed by atoms with Gasteiger partial charge in [0.15, 0.2) is 0 Å². The SMILES string of the molecule is CCc1ccc(C(Cl)c2ccc3c(c2)C(C)(C)CO3)cc1. The molecule has 0 fully saturated rings. The van der Waals surface area contributed by atoms with Gasteiger partial charge in [-0.2, -0.15) is 0 Å². The Balaban J connectivity index is 1.93. The van der Waals surface area contributed by atoms with Gasteiger partial charge in [-0.15, -0.1) is 11.6 Å². The molecule has 1 atom stereocenters. The molecule has 1 unspecified atom stereocenters. The first kappa shape index (κ1) is 14.5. The first-order valence-corrected chi connectivity index (χ1v) is 7.95. The van der Waals surface area contributed by atoms with Gasteiger partial charge in [0, 0.05) is 11.0 Å².